The van der Waals surface area contributed by atoms with Gasteiger partial charge in [-0.15, -0.1) is 0 Å². The Labute approximate surface area is 175 Å². The van der Waals surface area contributed by atoms with Crippen LogP contribution < -0.4 is 14.8 Å². The van der Waals surface area contributed by atoms with Crippen molar-refractivity contribution in [1.82, 2.24) is 4.90 Å². The third-order valence-electron chi connectivity index (χ3n) is 4.35. The smallest absolute Gasteiger partial charge is 0.342 e. The van der Waals surface area contributed by atoms with Crippen molar-refractivity contribution < 1.29 is 28.6 Å². The molecule has 0 heterocycles. The molecule has 0 radical (unpaired) electrons. The van der Waals surface area contributed by atoms with Crippen molar-refractivity contribution in [2.24, 2.45) is 0 Å². The number of amides is 2. The van der Waals surface area contributed by atoms with E-state index in [1.54, 1.807) is 24.3 Å². The van der Waals surface area contributed by atoms with E-state index >= 15 is 0 Å². The highest BCUT2D eigenvalue weighted by Gasteiger charge is 2.26. The molecular weight excluding hydrogens is 388 g/mol. The Morgan fingerprint density at radius 1 is 1.03 bits per heavy atom. The van der Waals surface area contributed by atoms with Gasteiger partial charge in [0.2, 0.25) is 5.91 Å². The van der Waals surface area contributed by atoms with E-state index in [4.69, 9.17) is 14.2 Å². The number of ether oxygens (including phenoxy) is 3. The minimum absolute atomic E-state index is 0.135. The molecule has 8 nitrogen and oxygen atoms in total. The molecule has 0 saturated carbocycles. The number of esters is 1. The first-order valence-electron chi connectivity index (χ1n) is 9.30. The zero-order valence-corrected chi connectivity index (χ0v) is 17.7. The highest BCUT2D eigenvalue weighted by molar-refractivity contribution is 5.97. The van der Waals surface area contributed by atoms with E-state index in [0.717, 1.165) is 5.56 Å². The summed E-state index contributed by atoms with van der Waals surface area (Å²) in [6.45, 7) is 3.21. The molecule has 1 N–H and O–H groups in total. The minimum Gasteiger partial charge on any atom is -0.493 e. The van der Waals surface area contributed by atoms with Gasteiger partial charge >= 0.3 is 5.97 Å². The van der Waals surface area contributed by atoms with Crippen molar-refractivity contribution in [3.05, 3.63) is 53.6 Å². The summed E-state index contributed by atoms with van der Waals surface area (Å²) in [5.41, 5.74) is 1.84. The fourth-order valence-corrected chi connectivity index (χ4v) is 2.76. The van der Waals surface area contributed by atoms with Crippen molar-refractivity contribution in [3.8, 4) is 11.5 Å². The van der Waals surface area contributed by atoms with Gasteiger partial charge in [0.25, 0.3) is 5.91 Å². The Morgan fingerprint density at radius 3 is 2.30 bits per heavy atom. The Kier molecular flexibility index (Phi) is 7.80. The zero-order chi connectivity index (χ0) is 22.3. The topological polar surface area (TPSA) is 94.2 Å². The lowest BCUT2D eigenvalue weighted by Gasteiger charge is -2.21. The summed E-state index contributed by atoms with van der Waals surface area (Å²) in [5.74, 6) is -1.01. The quantitative estimate of drug-likeness (QED) is 0.668. The molecule has 0 saturated heterocycles. The molecule has 0 fully saturated rings. The van der Waals surface area contributed by atoms with Gasteiger partial charge in [-0.05, 0) is 38.1 Å². The first kappa shape index (κ1) is 22.7. The standard InChI is InChI=1S/C22H26N2O6/c1-14-9-11-16(12-10-14)23-19(25)13-24(3)21(26)15(2)30-22(27)17-7-6-8-18(28-4)20(17)29-5/h6-12,15H,13H2,1-5H3,(H,23,25)/t15-/m1/s1. The minimum atomic E-state index is -1.09. The number of hydrogen-bond donors (Lipinski definition) is 1. The van der Waals surface area contributed by atoms with Crippen LogP contribution >= 0.6 is 0 Å². The van der Waals surface area contributed by atoms with E-state index < -0.39 is 18.0 Å². The fraction of sp³-hybridized carbons (Fsp3) is 0.318. The van der Waals surface area contributed by atoms with Gasteiger partial charge < -0.3 is 24.4 Å². The molecule has 0 aliphatic heterocycles. The lowest BCUT2D eigenvalue weighted by molar-refractivity contribution is -0.140. The molecule has 2 aromatic rings. The van der Waals surface area contributed by atoms with Crippen LogP contribution in [0.4, 0.5) is 5.69 Å². The van der Waals surface area contributed by atoms with Gasteiger partial charge in [-0.25, -0.2) is 4.79 Å². The second-order valence-electron chi connectivity index (χ2n) is 6.70. The second kappa shape index (κ2) is 10.3. The van der Waals surface area contributed by atoms with Crippen LogP contribution in [-0.2, 0) is 14.3 Å². The fourth-order valence-electron chi connectivity index (χ4n) is 2.76. The maximum Gasteiger partial charge on any atom is 0.342 e. The number of anilines is 1. The Morgan fingerprint density at radius 2 is 1.70 bits per heavy atom. The molecule has 0 aliphatic rings. The Hall–Kier alpha value is -3.55. The van der Waals surface area contributed by atoms with Crippen molar-refractivity contribution >= 4 is 23.5 Å². The number of hydrogen-bond acceptors (Lipinski definition) is 6. The van der Waals surface area contributed by atoms with E-state index in [2.05, 4.69) is 5.32 Å². The number of nitrogens with one attached hydrogen (secondary N) is 1. The average Bonchev–Trinajstić information content (AvgIpc) is 2.73. The van der Waals surface area contributed by atoms with Gasteiger partial charge in [0, 0.05) is 12.7 Å². The molecule has 0 aliphatic carbocycles. The maximum atomic E-state index is 12.5. The normalized spacial score (nSPS) is 11.2. The number of benzene rings is 2. The average molecular weight is 414 g/mol. The van der Waals surface area contributed by atoms with Gasteiger partial charge in [0.05, 0.1) is 20.8 Å². The lowest BCUT2D eigenvalue weighted by Crippen LogP contribution is -2.41. The van der Waals surface area contributed by atoms with E-state index in [1.807, 2.05) is 19.1 Å². The maximum absolute atomic E-state index is 12.5. The molecule has 2 rings (SSSR count). The highest BCUT2D eigenvalue weighted by atomic mass is 16.6. The Bertz CT molecular complexity index is 910. The van der Waals surface area contributed by atoms with Crippen LogP contribution in [0, 0.1) is 6.92 Å². The number of methoxy groups -OCH3 is 2. The monoisotopic (exact) mass is 414 g/mol. The number of para-hydroxylation sites is 1. The highest BCUT2D eigenvalue weighted by Crippen LogP contribution is 2.31. The van der Waals surface area contributed by atoms with Crippen LogP contribution in [0.3, 0.4) is 0 Å². The first-order valence-corrected chi connectivity index (χ1v) is 9.30. The number of rotatable bonds is 8. The summed E-state index contributed by atoms with van der Waals surface area (Å²) in [5, 5.41) is 2.72. The van der Waals surface area contributed by atoms with Crippen LogP contribution in [0.1, 0.15) is 22.8 Å². The summed E-state index contributed by atoms with van der Waals surface area (Å²) in [7, 11) is 4.33. The lowest BCUT2D eigenvalue weighted by atomic mass is 10.2. The van der Waals surface area contributed by atoms with Crippen molar-refractivity contribution in [3.63, 3.8) is 0 Å². The van der Waals surface area contributed by atoms with E-state index in [9.17, 15) is 14.4 Å². The van der Waals surface area contributed by atoms with Crippen LogP contribution in [0.2, 0.25) is 0 Å². The number of likely N-dealkylation sites (N-methyl/N-ethyl adjacent to an activating group) is 1. The van der Waals surface area contributed by atoms with E-state index in [-0.39, 0.29) is 23.8 Å². The van der Waals surface area contributed by atoms with Crippen molar-refractivity contribution in [2.45, 2.75) is 20.0 Å². The molecule has 0 spiro atoms. The van der Waals surface area contributed by atoms with Crippen molar-refractivity contribution in [2.75, 3.05) is 33.1 Å². The third kappa shape index (κ3) is 5.73. The molecule has 160 valence electrons. The summed E-state index contributed by atoms with van der Waals surface area (Å²) in [6.07, 6.45) is -1.09. The summed E-state index contributed by atoms with van der Waals surface area (Å²) in [6, 6.07) is 12.1. The molecule has 8 heteroatoms. The van der Waals surface area contributed by atoms with Gasteiger partial charge in [0.1, 0.15) is 5.56 Å². The first-order chi connectivity index (χ1) is 14.3. The molecule has 2 amide bonds. The molecule has 30 heavy (non-hydrogen) atoms. The van der Waals surface area contributed by atoms with E-state index in [1.165, 1.54) is 39.2 Å². The predicted octanol–water partition coefficient (Wildman–Crippen LogP) is 2.65. The van der Waals surface area contributed by atoms with Gasteiger partial charge in [-0.3, -0.25) is 9.59 Å². The molecule has 1 atom stereocenters. The molecule has 0 unspecified atom stereocenters. The number of nitrogens with zero attached hydrogens (tertiary/aromatic N) is 1. The summed E-state index contributed by atoms with van der Waals surface area (Å²) >= 11 is 0. The molecular formula is C22H26N2O6. The molecule has 2 aromatic carbocycles. The van der Waals surface area contributed by atoms with Crippen LogP contribution in [0.25, 0.3) is 0 Å². The largest absolute Gasteiger partial charge is 0.493 e. The molecule has 0 aromatic heterocycles. The van der Waals surface area contributed by atoms with Crippen LogP contribution in [-0.4, -0.2) is 56.6 Å². The Balaban J connectivity index is 1.97. The van der Waals surface area contributed by atoms with Gasteiger partial charge in [-0.1, -0.05) is 23.8 Å². The number of aryl methyl sites for hydroxylation is 1. The van der Waals surface area contributed by atoms with Gasteiger partial charge in [0.15, 0.2) is 17.6 Å². The summed E-state index contributed by atoms with van der Waals surface area (Å²) < 4.78 is 15.7. The SMILES string of the molecule is COc1cccc(C(=O)O[C@H](C)C(=O)N(C)CC(=O)Nc2ccc(C)cc2)c1OC. The number of carbonyl (C=O) groups is 3. The second-order valence-corrected chi connectivity index (χ2v) is 6.70. The predicted molar refractivity (Wildman–Crippen MR) is 112 cm³/mol. The van der Waals surface area contributed by atoms with Gasteiger partial charge in [-0.2, -0.15) is 0 Å². The summed E-state index contributed by atoms with van der Waals surface area (Å²) in [4.78, 5) is 38.4. The third-order valence-corrected chi connectivity index (χ3v) is 4.35. The van der Waals surface area contributed by atoms with Crippen molar-refractivity contribution in [1.29, 1.82) is 0 Å². The van der Waals surface area contributed by atoms with Crippen LogP contribution in [0.15, 0.2) is 42.5 Å². The molecule has 0 bridgehead atoms. The van der Waals surface area contributed by atoms with E-state index in [0.29, 0.717) is 11.4 Å². The zero-order valence-electron chi connectivity index (χ0n) is 17.7. The number of carbonyl (C=O) groups excluding carboxylic acids is 3. The van der Waals surface area contributed by atoms with Crippen LogP contribution in [0.5, 0.6) is 11.5 Å².